The number of pyridine rings is 2. The summed E-state index contributed by atoms with van der Waals surface area (Å²) in [4.78, 5) is 8.90. The third-order valence-corrected chi connectivity index (χ3v) is 4.25. The van der Waals surface area contributed by atoms with Gasteiger partial charge in [-0.25, -0.2) is 9.97 Å². The Balaban J connectivity index is 1.78. The van der Waals surface area contributed by atoms with Gasteiger partial charge in [0.2, 0.25) is 5.88 Å². The van der Waals surface area contributed by atoms with Gasteiger partial charge < -0.3 is 10.5 Å². The van der Waals surface area contributed by atoms with Gasteiger partial charge in [0.1, 0.15) is 5.65 Å². The molecular formula is C20H18N4O. The molecule has 25 heavy (non-hydrogen) atoms. The van der Waals surface area contributed by atoms with Crippen LogP contribution >= 0.6 is 0 Å². The number of benzene rings is 1. The van der Waals surface area contributed by atoms with Crippen LogP contribution in [0.25, 0.3) is 28.0 Å². The molecule has 0 fully saturated rings. The number of ether oxygens (including phenoxy) is 1. The highest BCUT2D eigenvalue weighted by Gasteiger charge is 2.09. The van der Waals surface area contributed by atoms with E-state index in [2.05, 4.69) is 32.6 Å². The normalized spacial score (nSPS) is 11.0. The van der Waals surface area contributed by atoms with E-state index in [0.717, 1.165) is 39.3 Å². The maximum absolute atomic E-state index is 5.90. The fourth-order valence-corrected chi connectivity index (χ4v) is 3.01. The molecule has 5 nitrogen and oxygen atoms in total. The van der Waals surface area contributed by atoms with Crippen LogP contribution in [-0.2, 0) is 0 Å². The van der Waals surface area contributed by atoms with Gasteiger partial charge in [0, 0.05) is 34.8 Å². The van der Waals surface area contributed by atoms with Crippen molar-refractivity contribution in [3.8, 4) is 28.3 Å². The molecule has 5 heteroatoms. The van der Waals surface area contributed by atoms with Crippen molar-refractivity contribution in [2.45, 2.75) is 6.92 Å². The summed E-state index contributed by atoms with van der Waals surface area (Å²) in [7, 11) is 1.63. The van der Waals surface area contributed by atoms with E-state index >= 15 is 0 Å². The summed E-state index contributed by atoms with van der Waals surface area (Å²) in [6.45, 7) is 1.99. The Morgan fingerprint density at radius 2 is 1.84 bits per heavy atom. The van der Waals surface area contributed by atoms with Crippen LogP contribution in [0, 0.1) is 6.92 Å². The van der Waals surface area contributed by atoms with Crippen LogP contribution in [0.5, 0.6) is 5.88 Å². The maximum Gasteiger partial charge on any atom is 0.215 e. The number of aromatic nitrogens is 3. The van der Waals surface area contributed by atoms with Crippen molar-refractivity contribution in [1.82, 2.24) is 14.4 Å². The number of nitrogens with zero attached hydrogens (tertiary/aromatic N) is 3. The molecule has 0 atom stereocenters. The van der Waals surface area contributed by atoms with Gasteiger partial charge in [-0.3, -0.25) is 4.40 Å². The minimum Gasteiger partial charge on any atom is -0.481 e. The van der Waals surface area contributed by atoms with Crippen molar-refractivity contribution in [3.05, 3.63) is 66.6 Å². The molecule has 3 heterocycles. The highest BCUT2D eigenvalue weighted by atomic mass is 16.5. The fourth-order valence-electron chi connectivity index (χ4n) is 3.01. The number of anilines is 1. The molecule has 0 aliphatic heterocycles. The zero-order valence-electron chi connectivity index (χ0n) is 14.1. The Morgan fingerprint density at radius 3 is 2.60 bits per heavy atom. The molecule has 0 saturated heterocycles. The number of rotatable bonds is 3. The Bertz CT molecular complexity index is 1070. The van der Waals surface area contributed by atoms with Crippen molar-refractivity contribution < 1.29 is 4.74 Å². The molecule has 0 unspecified atom stereocenters. The summed E-state index contributed by atoms with van der Waals surface area (Å²) in [5, 5.41) is 0. The van der Waals surface area contributed by atoms with E-state index in [-0.39, 0.29) is 0 Å². The predicted octanol–water partition coefficient (Wildman–Crippen LogP) is 3.96. The number of nitrogen functional groups attached to an aromatic ring is 1. The first-order valence-corrected chi connectivity index (χ1v) is 8.00. The van der Waals surface area contributed by atoms with E-state index in [9.17, 15) is 0 Å². The molecule has 0 saturated carbocycles. The van der Waals surface area contributed by atoms with Gasteiger partial charge in [-0.2, -0.15) is 0 Å². The molecule has 2 N–H and O–H groups in total. The SMILES string of the molecule is COc1ncc(-c2ccn3c(-c4cccc(N)c4)cnc3c2)cc1C. The van der Waals surface area contributed by atoms with E-state index in [1.165, 1.54) is 0 Å². The van der Waals surface area contributed by atoms with E-state index in [0.29, 0.717) is 5.88 Å². The van der Waals surface area contributed by atoms with Gasteiger partial charge in [0.25, 0.3) is 0 Å². The number of aryl methyl sites for hydroxylation is 1. The van der Waals surface area contributed by atoms with Crippen molar-refractivity contribution in [1.29, 1.82) is 0 Å². The number of hydrogen-bond donors (Lipinski definition) is 1. The van der Waals surface area contributed by atoms with E-state index in [1.54, 1.807) is 7.11 Å². The third kappa shape index (κ3) is 2.70. The van der Waals surface area contributed by atoms with Crippen LogP contribution in [0.4, 0.5) is 5.69 Å². The molecule has 0 aliphatic rings. The Labute approximate surface area is 145 Å². The largest absolute Gasteiger partial charge is 0.481 e. The van der Waals surface area contributed by atoms with Crippen LogP contribution in [0.15, 0.2) is 61.1 Å². The van der Waals surface area contributed by atoms with Crippen LogP contribution in [-0.4, -0.2) is 21.5 Å². The predicted molar refractivity (Wildman–Crippen MR) is 99.6 cm³/mol. The van der Waals surface area contributed by atoms with E-state index < -0.39 is 0 Å². The maximum atomic E-state index is 5.90. The zero-order chi connectivity index (χ0) is 17.4. The lowest BCUT2D eigenvalue weighted by atomic mass is 10.1. The molecule has 1 aromatic carbocycles. The van der Waals surface area contributed by atoms with Gasteiger partial charge in [-0.15, -0.1) is 0 Å². The van der Waals surface area contributed by atoms with Crippen LogP contribution in [0.2, 0.25) is 0 Å². The molecule has 0 spiro atoms. The average Bonchev–Trinajstić information content (AvgIpc) is 3.05. The van der Waals surface area contributed by atoms with Crippen molar-refractivity contribution in [3.63, 3.8) is 0 Å². The topological polar surface area (TPSA) is 65.4 Å². The summed E-state index contributed by atoms with van der Waals surface area (Å²) < 4.78 is 7.29. The average molecular weight is 330 g/mol. The number of hydrogen-bond acceptors (Lipinski definition) is 4. The first kappa shape index (κ1) is 15.2. The van der Waals surface area contributed by atoms with Crippen LogP contribution in [0.3, 0.4) is 0 Å². The molecule has 4 rings (SSSR count). The molecule has 124 valence electrons. The molecule has 4 aromatic rings. The Hall–Kier alpha value is -3.34. The van der Waals surface area contributed by atoms with Crippen LogP contribution in [0.1, 0.15) is 5.56 Å². The van der Waals surface area contributed by atoms with E-state index in [1.807, 2.05) is 49.8 Å². The van der Waals surface area contributed by atoms with Crippen molar-refractivity contribution >= 4 is 11.3 Å². The summed E-state index contributed by atoms with van der Waals surface area (Å²) in [6.07, 6.45) is 5.71. The second kappa shape index (κ2) is 5.94. The number of fused-ring (bicyclic) bond motifs is 1. The van der Waals surface area contributed by atoms with Crippen LogP contribution < -0.4 is 10.5 Å². The minimum atomic E-state index is 0.648. The summed E-state index contributed by atoms with van der Waals surface area (Å²) in [5.41, 5.74) is 12.7. The summed E-state index contributed by atoms with van der Waals surface area (Å²) >= 11 is 0. The first-order chi connectivity index (χ1) is 12.2. The molecular weight excluding hydrogens is 312 g/mol. The summed E-state index contributed by atoms with van der Waals surface area (Å²) in [6, 6.07) is 14.0. The minimum absolute atomic E-state index is 0.648. The Morgan fingerprint density at radius 1 is 0.960 bits per heavy atom. The number of methoxy groups -OCH3 is 1. The molecule has 0 amide bonds. The molecule has 3 aromatic heterocycles. The van der Waals surface area contributed by atoms with Gasteiger partial charge in [-0.05, 0) is 42.8 Å². The lowest BCUT2D eigenvalue weighted by molar-refractivity contribution is 0.394. The van der Waals surface area contributed by atoms with Gasteiger partial charge in [-0.1, -0.05) is 12.1 Å². The van der Waals surface area contributed by atoms with Gasteiger partial charge in [0.05, 0.1) is 19.0 Å². The third-order valence-electron chi connectivity index (χ3n) is 4.25. The highest BCUT2D eigenvalue weighted by molar-refractivity contribution is 5.72. The summed E-state index contributed by atoms with van der Waals surface area (Å²) in [5.74, 6) is 0.648. The monoisotopic (exact) mass is 330 g/mol. The lowest BCUT2D eigenvalue weighted by Crippen LogP contribution is -1.93. The van der Waals surface area contributed by atoms with Gasteiger partial charge in [0.15, 0.2) is 0 Å². The zero-order valence-corrected chi connectivity index (χ0v) is 14.1. The smallest absolute Gasteiger partial charge is 0.215 e. The first-order valence-electron chi connectivity index (χ1n) is 8.00. The molecule has 0 radical (unpaired) electrons. The van der Waals surface area contributed by atoms with E-state index in [4.69, 9.17) is 10.5 Å². The second-order valence-corrected chi connectivity index (χ2v) is 5.96. The standard InChI is InChI=1S/C20H18N4O/c1-13-8-16(11-23-20(13)25-2)14-6-7-24-18(12-22-19(24)10-14)15-4-3-5-17(21)9-15/h3-12H,21H2,1-2H3. The number of nitrogens with two attached hydrogens (primary N) is 1. The molecule has 0 bridgehead atoms. The Kier molecular flexibility index (Phi) is 3.61. The lowest BCUT2D eigenvalue weighted by Gasteiger charge is -2.08. The molecule has 0 aliphatic carbocycles. The number of imidazole rings is 1. The fraction of sp³-hybridized carbons (Fsp3) is 0.100. The van der Waals surface area contributed by atoms with Gasteiger partial charge >= 0.3 is 0 Å². The second-order valence-electron chi connectivity index (χ2n) is 5.96. The van der Waals surface area contributed by atoms with Crippen molar-refractivity contribution in [2.75, 3.05) is 12.8 Å². The van der Waals surface area contributed by atoms with Crippen molar-refractivity contribution in [2.24, 2.45) is 0 Å². The quantitative estimate of drug-likeness (QED) is 0.577. The highest BCUT2D eigenvalue weighted by Crippen LogP contribution is 2.27.